The van der Waals surface area contributed by atoms with Gasteiger partial charge in [0.05, 0.1) is 6.42 Å². The first kappa shape index (κ1) is 13.4. The van der Waals surface area contributed by atoms with Gasteiger partial charge in [0.15, 0.2) is 0 Å². The third-order valence-electron chi connectivity index (χ3n) is 2.13. The summed E-state index contributed by atoms with van der Waals surface area (Å²) in [6.45, 7) is 4.93. The second-order valence-electron chi connectivity index (χ2n) is 3.86. The monoisotopic (exact) mass is 201 g/mol. The van der Waals surface area contributed by atoms with Gasteiger partial charge in [-0.1, -0.05) is 20.3 Å². The third-order valence-corrected chi connectivity index (χ3v) is 2.13. The lowest BCUT2D eigenvalue weighted by molar-refractivity contribution is -0.149. The van der Waals surface area contributed by atoms with Gasteiger partial charge < -0.3 is 9.64 Å². The Kier molecular flexibility index (Phi) is 7.48. The van der Waals surface area contributed by atoms with E-state index < -0.39 is 0 Å². The maximum absolute atomic E-state index is 11.3. The second-order valence-corrected chi connectivity index (χ2v) is 3.86. The lowest BCUT2D eigenvalue weighted by Gasteiger charge is -2.16. The number of ether oxygens (including phenoxy) is 1. The van der Waals surface area contributed by atoms with Crippen LogP contribution in [-0.2, 0) is 9.53 Å². The first-order valence-electron chi connectivity index (χ1n) is 5.44. The summed E-state index contributed by atoms with van der Waals surface area (Å²) in [6, 6.07) is 0. The van der Waals surface area contributed by atoms with E-state index in [1.807, 2.05) is 19.0 Å². The van der Waals surface area contributed by atoms with Gasteiger partial charge in [-0.2, -0.15) is 0 Å². The standard InChI is InChI=1S/C11H23NO2/c1-5-7-10(6-2)14-11(13)8-9-12(3)4/h10H,5-9H2,1-4H3. The Morgan fingerprint density at radius 2 is 2.00 bits per heavy atom. The van der Waals surface area contributed by atoms with Gasteiger partial charge in [0.25, 0.3) is 0 Å². The summed E-state index contributed by atoms with van der Waals surface area (Å²) < 4.78 is 5.32. The van der Waals surface area contributed by atoms with Crippen molar-refractivity contribution in [1.82, 2.24) is 4.90 Å². The van der Waals surface area contributed by atoms with Crippen LogP contribution in [0, 0.1) is 0 Å². The Morgan fingerprint density at radius 1 is 1.36 bits per heavy atom. The highest BCUT2D eigenvalue weighted by Gasteiger charge is 2.11. The molecule has 84 valence electrons. The van der Waals surface area contributed by atoms with E-state index in [0.717, 1.165) is 25.8 Å². The minimum absolute atomic E-state index is 0.0704. The van der Waals surface area contributed by atoms with Crippen LogP contribution in [0.25, 0.3) is 0 Å². The molecule has 0 saturated carbocycles. The van der Waals surface area contributed by atoms with Gasteiger partial charge >= 0.3 is 5.97 Å². The smallest absolute Gasteiger partial charge is 0.307 e. The molecule has 0 N–H and O–H groups in total. The fraction of sp³-hybridized carbons (Fsp3) is 0.909. The normalized spacial score (nSPS) is 12.9. The van der Waals surface area contributed by atoms with Crippen LogP contribution in [0.5, 0.6) is 0 Å². The van der Waals surface area contributed by atoms with Crippen LogP contribution >= 0.6 is 0 Å². The van der Waals surface area contributed by atoms with E-state index in [0.29, 0.717) is 6.42 Å². The van der Waals surface area contributed by atoms with Crippen molar-refractivity contribution in [1.29, 1.82) is 0 Å². The predicted molar refractivity (Wildman–Crippen MR) is 58.3 cm³/mol. The Hall–Kier alpha value is -0.570. The zero-order valence-electron chi connectivity index (χ0n) is 9.88. The molecule has 0 aliphatic rings. The summed E-state index contributed by atoms with van der Waals surface area (Å²) in [6.07, 6.45) is 3.58. The second kappa shape index (κ2) is 7.80. The molecular formula is C11H23NO2. The Labute approximate surface area is 87.4 Å². The summed E-state index contributed by atoms with van der Waals surface area (Å²) in [5.74, 6) is -0.0704. The van der Waals surface area contributed by atoms with E-state index in [9.17, 15) is 4.79 Å². The number of carbonyl (C=O) groups is 1. The fourth-order valence-corrected chi connectivity index (χ4v) is 1.23. The fourth-order valence-electron chi connectivity index (χ4n) is 1.23. The number of rotatable bonds is 7. The van der Waals surface area contributed by atoms with Crippen LogP contribution in [0.15, 0.2) is 0 Å². The quantitative estimate of drug-likeness (QED) is 0.590. The zero-order valence-corrected chi connectivity index (χ0v) is 9.88. The highest BCUT2D eigenvalue weighted by atomic mass is 16.5. The molecule has 14 heavy (non-hydrogen) atoms. The summed E-state index contributed by atoms with van der Waals surface area (Å²) in [4.78, 5) is 13.3. The molecule has 0 aromatic carbocycles. The number of carbonyl (C=O) groups excluding carboxylic acids is 1. The molecule has 0 rings (SSSR count). The molecule has 1 atom stereocenters. The molecule has 0 saturated heterocycles. The molecule has 0 aliphatic heterocycles. The van der Waals surface area contributed by atoms with Gasteiger partial charge in [-0.3, -0.25) is 4.79 Å². The van der Waals surface area contributed by atoms with Crippen LogP contribution in [0.2, 0.25) is 0 Å². The van der Waals surface area contributed by atoms with Crippen molar-refractivity contribution in [3.05, 3.63) is 0 Å². The van der Waals surface area contributed by atoms with E-state index >= 15 is 0 Å². The maximum atomic E-state index is 11.3. The molecule has 0 amide bonds. The van der Waals surface area contributed by atoms with Crippen LogP contribution < -0.4 is 0 Å². The number of hydrogen-bond donors (Lipinski definition) is 0. The van der Waals surface area contributed by atoms with Crippen molar-refractivity contribution in [2.75, 3.05) is 20.6 Å². The van der Waals surface area contributed by atoms with Crippen LogP contribution in [0.1, 0.15) is 39.5 Å². The van der Waals surface area contributed by atoms with Gasteiger partial charge in [0.1, 0.15) is 6.10 Å². The van der Waals surface area contributed by atoms with Crippen molar-refractivity contribution in [3.8, 4) is 0 Å². The SMILES string of the molecule is CCCC(CC)OC(=O)CCN(C)C. The van der Waals surface area contributed by atoms with Crippen molar-refractivity contribution in [3.63, 3.8) is 0 Å². The molecule has 0 spiro atoms. The van der Waals surface area contributed by atoms with Gasteiger partial charge in [-0.05, 0) is 26.9 Å². The number of hydrogen-bond acceptors (Lipinski definition) is 3. The molecule has 0 aromatic heterocycles. The average molecular weight is 201 g/mol. The summed E-state index contributed by atoms with van der Waals surface area (Å²) >= 11 is 0. The van der Waals surface area contributed by atoms with Crippen LogP contribution in [0.4, 0.5) is 0 Å². The molecular weight excluding hydrogens is 178 g/mol. The van der Waals surface area contributed by atoms with Crippen molar-refractivity contribution in [2.45, 2.75) is 45.6 Å². The first-order valence-corrected chi connectivity index (χ1v) is 5.44. The van der Waals surface area contributed by atoms with Crippen LogP contribution in [-0.4, -0.2) is 37.6 Å². The molecule has 3 heteroatoms. The van der Waals surface area contributed by atoms with Gasteiger partial charge in [0.2, 0.25) is 0 Å². The molecule has 0 radical (unpaired) electrons. The molecule has 0 bridgehead atoms. The van der Waals surface area contributed by atoms with Crippen molar-refractivity contribution in [2.24, 2.45) is 0 Å². The molecule has 3 nitrogen and oxygen atoms in total. The lowest BCUT2D eigenvalue weighted by atomic mass is 10.1. The van der Waals surface area contributed by atoms with E-state index in [2.05, 4.69) is 13.8 Å². The Balaban J connectivity index is 3.67. The zero-order chi connectivity index (χ0) is 11.0. The van der Waals surface area contributed by atoms with Gasteiger partial charge in [-0.15, -0.1) is 0 Å². The average Bonchev–Trinajstić information content (AvgIpc) is 2.14. The Bertz CT molecular complexity index is 157. The van der Waals surface area contributed by atoms with Gasteiger partial charge in [0, 0.05) is 6.54 Å². The number of nitrogens with zero attached hydrogens (tertiary/aromatic N) is 1. The van der Waals surface area contributed by atoms with Crippen molar-refractivity contribution >= 4 is 5.97 Å². The summed E-state index contributed by atoms with van der Waals surface area (Å²) in [5.41, 5.74) is 0. The molecule has 0 aliphatic carbocycles. The summed E-state index contributed by atoms with van der Waals surface area (Å²) in [5, 5.41) is 0. The van der Waals surface area contributed by atoms with E-state index in [-0.39, 0.29) is 12.1 Å². The third kappa shape index (κ3) is 6.89. The minimum atomic E-state index is -0.0704. The largest absolute Gasteiger partial charge is 0.462 e. The number of esters is 1. The van der Waals surface area contributed by atoms with E-state index in [1.165, 1.54) is 0 Å². The van der Waals surface area contributed by atoms with Crippen molar-refractivity contribution < 1.29 is 9.53 Å². The topological polar surface area (TPSA) is 29.5 Å². The molecule has 0 aromatic rings. The highest BCUT2D eigenvalue weighted by Crippen LogP contribution is 2.07. The lowest BCUT2D eigenvalue weighted by Crippen LogP contribution is -2.22. The molecule has 0 fully saturated rings. The Morgan fingerprint density at radius 3 is 2.43 bits per heavy atom. The van der Waals surface area contributed by atoms with E-state index in [1.54, 1.807) is 0 Å². The van der Waals surface area contributed by atoms with Crippen LogP contribution in [0.3, 0.4) is 0 Å². The minimum Gasteiger partial charge on any atom is -0.462 e. The highest BCUT2D eigenvalue weighted by molar-refractivity contribution is 5.69. The predicted octanol–water partition coefficient (Wildman–Crippen LogP) is 2.06. The van der Waals surface area contributed by atoms with Gasteiger partial charge in [-0.25, -0.2) is 0 Å². The first-order chi connectivity index (χ1) is 6.60. The van der Waals surface area contributed by atoms with E-state index in [4.69, 9.17) is 4.74 Å². The maximum Gasteiger partial charge on any atom is 0.307 e. The molecule has 0 heterocycles. The summed E-state index contributed by atoms with van der Waals surface area (Å²) in [7, 11) is 3.91. The molecule has 1 unspecified atom stereocenters.